The van der Waals surface area contributed by atoms with Crippen molar-refractivity contribution in [3.63, 3.8) is 0 Å². The highest BCUT2D eigenvalue weighted by molar-refractivity contribution is 5.76. The van der Waals surface area contributed by atoms with Crippen LogP contribution in [0, 0.1) is 0 Å². The monoisotopic (exact) mass is 252 g/mol. The SMILES string of the molecule is CCOC(=O)[C@@H]1O[C@H](c2ccccc2)[C@@H](O)[C@@H]1O. The van der Waals surface area contributed by atoms with Gasteiger partial charge in [-0.1, -0.05) is 30.3 Å². The molecule has 18 heavy (non-hydrogen) atoms. The van der Waals surface area contributed by atoms with Crippen molar-refractivity contribution in [1.29, 1.82) is 0 Å². The summed E-state index contributed by atoms with van der Waals surface area (Å²) >= 11 is 0. The predicted octanol–water partition coefficient (Wildman–Crippen LogP) is 0.411. The summed E-state index contributed by atoms with van der Waals surface area (Å²) in [6.07, 6.45) is -4.25. The smallest absolute Gasteiger partial charge is 0.338 e. The van der Waals surface area contributed by atoms with Gasteiger partial charge in [0.25, 0.3) is 0 Å². The van der Waals surface area contributed by atoms with Crippen LogP contribution in [0.3, 0.4) is 0 Å². The van der Waals surface area contributed by atoms with E-state index in [1.165, 1.54) is 0 Å². The number of benzene rings is 1. The summed E-state index contributed by atoms with van der Waals surface area (Å²) in [5.74, 6) is -0.650. The molecule has 5 nitrogen and oxygen atoms in total. The van der Waals surface area contributed by atoms with E-state index < -0.39 is 30.4 Å². The molecule has 1 saturated heterocycles. The van der Waals surface area contributed by atoms with E-state index in [4.69, 9.17) is 9.47 Å². The Hall–Kier alpha value is -1.43. The summed E-state index contributed by atoms with van der Waals surface area (Å²) < 4.78 is 10.2. The second-order valence-corrected chi connectivity index (χ2v) is 4.12. The molecule has 98 valence electrons. The van der Waals surface area contributed by atoms with Crippen LogP contribution in [0.25, 0.3) is 0 Å². The average molecular weight is 252 g/mol. The molecule has 1 aromatic rings. The normalized spacial score (nSPS) is 31.3. The lowest BCUT2D eigenvalue weighted by atomic mass is 10.0. The van der Waals surface area contributed by atoms with E-state index >= 15 is 0 Å². The van der Waals surface area contributed by atoms with E-state index in [2.05, 4.69) is 0 Å². The Morgan fingerprint density at radius 3 is 2.56 bits per heavy atom. The third kappa shape index (κ3) is 2.38. The first-order valence-corrected chi connectivity index (χ1v) is 5.88. The molecular weight excluding hydrogens is 236 g/mol. The van der Waals surface area contributed by atoms with Gasteiger partial charge >= 0.3 is 5.97 Å². The number of aliphatic hydroxyl groups is 2. The molecule has 0 aliphatic carbocycles. The molecule has 2 N–H and O–H groups in total. The maximum absolute atomic E-state index is 11.6. The van der Waals surface area contributed by atoms with E-state index in [1.54, 1.807) is 31.2 Å². The molecule has 0 aromatic heterocycles. The Balaban J connectivity index is 2.15. The molecule has 0 amide bonds. The van der Waals surface area contributed by atoms with Gasteiger partial charge in [0.2, 0.25) is 0 Å². The summed E-state index contributed by atoms with van der Waals surface area (Å²) in [5.41, 5.74) is 0.718. The van der Waals surface area contributed by atoms with Gasteiger partial charge in [0.05, 0.1) is 6.61 Å². The second-order valence-electron chi connectivity index (χ2n) is 4.12. The van der Waals surface area contributed by atoms with Crippen molar-refractivity contribution in [2.75, 3.05) is 6.61 Å². The topological polar surface area (TPSA) is 76.0 Å². The molecule has 5 heteroatoms. The van der Waals surface area contributed by atoms with Crippen molar-refractivity contribution < 1.29 is 24.5 Å². The van der Waals surface area contributed by atoms with Crippen molar-refractivity contribution in [2.45, 2.75) is 31.3 Å². The van der Waals surface area contributed by atoms with Crippen LogP contribution in [0.4, 0.5) is 0 Å². The van der Waals surface area contributed by atoms with Crippen molar-refractivity contribution in [3.05, 3.63) is 35.9 Å². The summed E-state index contributed by atoms with van der Waals surface area (Å²) in [4.78, 5) is 11.6. The zero-order valence-corrected chi connectivity index (χ0v) is 10.0. The molecule has 1 aromatic carbocycles. The lowest BCUT2D eigenvalue weighted by Crippen LogP contribution is -2.36. The van der Waals surface area contributed by atoms with Gasteiger partial charge in [0.15, 0.2) is 6.10 Å². The van der Waals surface area contributed by atoms with Crippen LogP contribution in [-0.4, -0.2) is 41.1 Å². The molecule has 1 aliphatic rings. The van der Waals surface area contributed by atoms with Crippen LogP contribution >= 0.6 is 0 Å². The number of hydrogen-bond acceptors (Lipinski definition) is 5. The number of hydrogen-bond donors (Lipinski definition) is 2. The maximum atomic E-state index is 11.6. The standard InChI is InChI=1S/C13H16O5/c1-2-17-13(16)12-10(15)9(14)11(18-12)8-6-4-3-5-7-8/h3-7,9-12,14-15H,2H2,1H3/t9-,10-,11+,12+/m0/s1. The average Bonchev–Trinajstić information content (AvgIpc) is 2.68. The minimum absolute atomic E-state index is 0.206. The third-order valence-corrected chi connectivity index (χ3v) is 2.91. The maximum Gasteiger partial charge on any atom is 0.338 e. The third-order valence-electron chi connectivity index (χ3n) is 2.91. The van der Waals surface area contributed by atoms with Gasteiger partial charge in [0.1, 0.15) is 18.3 Å². The Morgan fingerprint density at radius 2 is 1.94 bits per heavy atom. The van der Waals surface area contributed by atoms with Crippen LogP contribution < -0.4 is 0 Å². The number of carbonyl (C=O) groups is 1. The lowest BCUT2D eigenvalue weighted by molar-refractivity contribution is -0.159. The highest BCUT2D eigenvalue weighted by Crippen LogP contribution is 2.33. The summed E-state index contributed by atoms with van der Waals surface area (Å²) in [6.45, 7) is 1.88. The molecule has 0 saturated carbocycles. The van der Waals surface area contributed by atoms with Crippen molar-refractivity contribution >= 4 is 5.97 Å². The van der Waals surface area contributed by atoms with E-state index in [0.29, 0.717) is 0 Å². The van der Waals surface area contributed by atoms with E-state index in [-0.39, 0.29) is 6.61 Å². The van der Waals surface area contributed by atoms with E-state index in [0.717, 1.165) is 5.56 Å². The zero-order chi connectivity index (χ0) is 13.1. The molecule has 1 aliphatic heterocycles. The van der Waals surface area contributed by atoms with Gasteiger partial charge in [0, 0.05) is 0 Å². The molecule has 0 spiro atoms. The molecule has 0 unspecified atom stereocenters. The van der Waals surface area contributed by atoms with Gasteiger partial charge in [-0.3, -0.25) is 0 Å². The van der Waals surface area contributed by atoms with Crippen LogP contribution in [0.2, 0.25) is 0 Å². The number of carbonyl (C=O) groups excluding carboxylic acids is 1. The molecular formula is C13H16O5. The van der Waals surface area contributed by atoms with Gasteiger partial charge < -0.3 is 19.7 Å². The van der Waals surface area contributed by atoms with E-state index in [1.807, 2.05) is 6.07 Å². The van der Waals surface area contributed by atoms with Crippen LogP contribution in [0.1, 0.15) is 18.6 Å². The molecule has 1 fully saturated rings. The van der Waals surface area contributed by atoms with E-state index in [9.17, 15) is 15.0 Å². The second kappa shape index (κ2) is 5.48. The molecule has 4 atom stereocenters. The Kier molecular flexibility index (Phi) is 3.96. The van der Waals surface area contributed by atoms with Gasteiger partial charge in [-0.15, -0.1) is 0 Å². The molecule has 0 radical (unpaired) electrons. The fourth-order valence-electron chi connectivity index (χ4n) is 2.01. The highest BCUT2D eigenvalue weighted by atomic mass is 16.6. The predicted molar refractivity (Wildman–Crippen MR) is 62.7 cm³/mol. The first-order valence-electron chi connectivity index (χ1n) is 5.88. The molecule has 0 bridgehead atoms. The van der Waals surface area contributed by atoms with Crippen molar-refractivity contribution in [3.8, 4) is 0 Å². The van der Waals surface area contributed by atoms with Gasteiger partial charge in [-0.25, -0.2) is 4.79 Å². The van der Waals surface area contributed by atoms with Crippen molar-refractivity contribution in [1.82, 2.24) is 0 Å². The number of esters is 1. The fourth-order valence-corrected chi connectivity index (χ4v) is 2.01. The Labute approximate surface area is 105 Å². The molecule has 2 rings (SSSR count). The number of rotatable bonds is 3. The number of aliphatic hydroxyl groups excluding tert-OH is 2. The molecule has 1 heterocycles. The fraction of sp³-hybridized carbons (Fsp3) is 0.462. The first kappa shape index (κ1) is 13.0. The summed E-state index contributed by atoms with van der Waals surface area (Å²) in [5, 5.41) is 19.7. The zero-order valence-electron chi connectivity index (χ0n) is 10.0. The summed E-state index contributed by atoms with van der Waals surface area (Å²) in [6, 6.07) is 8.98. The quantitative estimate of drug-likeness (QED) is 0.762. The largest absolute Gasteiger partial charge is 0.464 e. The number of ether oxygens (including phenoxy) is 2. The van der Waals surface area contributed by atoms with Gasteiger partial charge in [-0.2, -0.15) is 0 Å². The van der Waals surface area contributed by atoms with Gasteiger partial charge in [-0.05, 0) is 12.5 Å². The first-order chi connectivity index (χ1) is 8.65. The lowest BCUT2D eigenvalue weighted by Gasteiger charge is -2.14. The Morgan fingerprint density at radius 1 is 1.28 bits per heavy atom. The summed E-state index contributed by atoms with van der Waals surface area (Å²) in [7, 11) is 0. The van der Waals surface area contributed by atoms with Crippen LogP contribution in [0.15, 0.2) is 30.3 Å². The van der Waals surface area contributed by atoms with Crippen LogP contribution in [0.5, 0.6) is 0 Å². The Bertz CT molecular complexity index is 405. The minimum Gasteiger partial charge on any atom is -0.464 e. The highest BCUT2D eigenvalue weighted by Gasteiger charge is 2.47. The van der Waals surface area contributed by atoms with Crippen molar-refractivity contribution in [2.24, 2.45) is 0 Å². The minimum atomic E-state index is -1.27. The van der Waals surface area contributed by atoms with Crippen LogP contribution in [-0.2, 0) is 14.3 Å².